The molecule has 15 heavy (non-hydrogen) atoms. The largest absolute Gasteiger partial charge is 0.504 e. The smallest absolute Gasteiger partial charge is 0.172 e. The molecular weight excluding hydrogens is 216 g/mol. The standard InChI is InChI=1S/C10H7ClN2O2/c11-7-2-1-3-8(4-7)13-9(6-14)10(15)5-12-13/h1-6,15H. The van der Waals surface area contributed by atoms with Crippen molar-refractivity contribution in [3.05, 3.63) is 41.2 Å². The van der Waals surface area contributed by atoms with E-state index in [1.165, 1.54) is 10.9 Å². The van der Waals surface area contributed by atoms with Crippen molar-refractivity contribution in [1.29, 1.82) is 0 Å². The third-order valence-electron chi connectivity index (χ3n) is 1.95. The number of aldehydes is 1. The number of halogens is 1. The first-order valence-electron chi connectivity index (χ1n) is 4.20. The van der Waals surface area contributed by atoms with E-state index in [0.717, 1.165) is 0 Å². The molecule has 2 rings (SSSR count). The van der Waals surface area contributed by atoms with Crippen molar-refractivity contribution in [1.82, 2.24) is 9.78 Å². The summed E-state index contributed by atoms with van der Waals surface area (Å²) < 4.78 is 1.33. The maximum atomic E-state index is 10.7. The molecule has 1 N–H and O–H groups in total. The van der Waals surface area contributed by atoms with Crippen LogP contribution in [0.15, 0.2) is 30.5 Å². The minimum atomic E-state index is -0.148. The van der Waals surface area contributed by atoms with E-state index in [-0.39, 0.29) is 11.4 Å². The van der Waals surface area contributed by atoms with Gasteiger partial charge < -0.3 is 5.11 Å². The second-order valence-electron chi connectivity index (χ2n) is 2.92. The van der Waals surface area contributed by atoms with Crippen LogP contribution in [0.2, 0.25) is 5.02 Å². The molecule has 0 radical (unpaired) electrons. The van der Waals surface area contributed by atoms with Crippen molar-refractivity contribution in [3.63, 3.8) is 0 Å². The lowest BCUT2D eigenvalue weighted by molar-refractivity contribution is 0.111. The molecule has 76 valence electrons. The Kier molecular flexibility index (Phi) is 2.43. The fraction of sp³-hybridized carbons (Fsp3) is 0. The van der Waals surface area contributed by atoms with Gasteiger partial charge in [0, 0.05) is 5.02 Å². The van der Waals surface area contributed by atoms with E-state index in [2.05, 4.69) is 5.10 Å². The molecule has 1 heterocycles. The molecular formula is C10H7ClN2O2. The molecule has 0 atom stereocenters. The molecule has 0 bridgehead atoms. The van der Waals surface area contributed by atoms with Crippen LogP contribution in [0.1, 0.15) is 10.5 Å². The van der Waals surface area contributed by atoms with Crippen LogP contribution in [0.25, 0.3) is 5.69 Å². The molecule has 4 nitrogen and oxygen atoms in total. The van der Waals surface area contributed by atoms with Crippen LogP contribution in [0, 0.1) is 0 Å². The Morgan fingerprint density at radius 1 is 1.47 bits per heavy atom. The van der Waals surface area contributed by atoms with Crippen LogP contribution in [0.5, 0.6) is 5.75 Å². The van der Waals surface area contributed by atoms with Gasteiger partial charge in [-0.1, -0.05) is 17.7 Å². The number of aromatic hydroxyl groups is 1. The summed E-state index contributed by atoms with van der Waals surface area (Å²) in [4.78, 5) is 10.7. The fourth-order valence-electron chi connectivity index (χ4n) is 1.27. The number of hydrogen-bond donors (Lipinski definition) is 1. The van der Waals surface area contributed by atoms with Gasteiger partial charge in [-0.15, -0.1) is 0 Å². The maximum Gasteiger partial charge on any atom is 0.172 e. The van der Waals surface area contributed by atoms with Gasteiger partial charge in [-0.2, -0.15) is 5.10 Å². The van der Waals surface area contributed by atoms with Gasteiger partial charge in [-0.05, 0) is 18.2 Å². The lowest BCUT2D eigenvalue weighted by atomic mass is 10.3. The Balaban J connectivity index is 2.58. The van der Waals surface area contributed by atoms with Gasteiger partial charge in [-0.3, -0.25) is 4.79 Å². The molecule has 0 amide bonds. The summed E-state index contributed by atoms with van der Waals surface area (Å²) in [6, 6.07) is 6.85. The highest BCUT2D eigenvalue weighted by molar-refractivity contribution is 6.30. The minimum Gasteiger partial charge on any atom is -0.504 e. The predicted octanol–water partition coefficient (Wildman–Crippen LogP) is 2.04. The Labute approximate surface area is 90.7 Å². The first kappa shape index (κ1) is 9.73. The predicted molar refractivity (Wildman–Crippen MR) is 55.6 cm³/mol. The highest BCUT2D eigenvalue weighted by atomic mass is 35.5. The summed E-state index contributed by atoms with van der Waals surface area (Å²) in [6.45, 7) is 0. The van der Waals surface area contributed by atoms with Crippen molar-refractivity contribution in [2.75, 3.05) is 0 Å². The lowest BCUT2D eigenvalue weighted by Gasteiger charge is -2.03. The van der Waals surface area contributed by atoms with Gasteiger partial charge in [-0.25, -0.2) is 4.68 Å². The van der Waals surface area contributed by atoms with Crippen LogP contribution in [-0.2, 0) is 0 Å². The van der Waals surface area contributed by atoms with E-state index in [1.54, 1.807) is 24.3 Å². The van der Waals surface area contributed by atoms with Crippen molar-refractivity contribution < 1.29 is 9.90 Å². The summed E-state index contributed by atoms with van der Waals surface area (Å²) >= 11 is 5.81. The highest BCUT2D eigenvalue weighted by Gasteiger charge is 2.10. The zero-order valence-corrected chi connectivity index (χ0v) is 8.35. The first-order chi connectivity index (χ1) is 7.22. The van der Waals surface area contributed by atoms with E-state index in [4.69, 9.17) is 11.6 Å². The molecule has 0 aliphatic carbocycles. The average molecular weight is 223 g/mol. The van der Waals surface area contributed by atoms with Crippen LogP contribution in [0.3, 0.4) is 0 Å². The minimum absolute atomic E-state index is 0.109. The zero-order valence-electron chi connectivity index (χ0n) is 7.59. The Morgan fingerprint density at radius 3 is 2.93 bits per heavy atom. The fourth-order valence-corrected chi connectivity index (χ4v) is 1.46. The lowest BCUT2D eigenvalue weighted by Crippen LogP contribution is -2.00. The van der Waals surface area contributed by atoms with Crippen LogP contribution < -0.4 is 0 Å². The molecule has 0 unspecified atom stereocenters. The third kappa shape index (κ3) is 1.71. The summed E-state index contributed by atoms with van der Waals surface area (Å²) in [5, 5.41) is 13.7. The molecule has 0 aliphatic heterocycles. The SMILES string of the molecule is O=Cc1c(O)cnn1-c1cccc(Cl)c1. The number of aromatic nitrogens is 2. The molecule has 0 saturated heterocycles. The Hall–Kier alpha value is -1.81. The molecule has 0 saturated carbocycles. The second kappa shape index (κ2) is 3.74. The van der Waals surface area contributed by atoms with Crippen molar-refractivity contribution in [3.8, 4) is 11.4 Å². The second-order valence-corrected chi connectivity index (χ2v) is 3.36. The van der Waals surface area contributed by atoms with Gasteiger partial charge in [0.2, 0.25) is 0 Å². The van der Waals surface area contributed by atoms with Gasteiger partial charge in [0.25, 0.3) is 0 Å². The monoisotopic (exact) mass is 222 g/mol. The third-order valence-corrected chi connectivity index (χ3v) is 2.19. The first-order valence-corrected chi connectivity index (χ1v) is 4.58. The molecule has 2 aromatic rings. The van der Waals surface area contributed by atoms with E-state index in [0.29, 0.717) is 17.0 Å². The van der Waals surface area contributed by atoms with E-state index in [9.17, 15) is 9.90 Å². The van der Waals surface area contributed by atoms with Crippen LogP contribution in [0.4, 0.5) is 0 Å². The quantitative estimate of drug-likeness (QED) is 0.792. The molecule has 0 fully saturated rings. The van der Waals surface area contributed by atoms with Crippen LogP contribution >= 0.6 is 11.6 Å². The van der Waals surface area contributed by atoms with E-state index < -0.39 is 0 Å². The van der Waals surface area contributed by atoms with Crippen molar-refractivity contribution >= 4 is 17.9 Å². The highest BCUT2D eigenvalue weighted by Crippen LogP contribution is 2.20. The molecule has 5 heteroatoms. The number of carbonyl (C=O) groups excluding carboxylic acids is 1. The van der Waals surface area contributed by atoms with E-state index in [1.807, 2.05) is 0 Å². The van der Waals surface area contributed by atoms with Crippen LogP contribution in [-0.4, -0.2) is 21.2 Å². The number of benzene rings is 1. The van der Waals surface area contributed by atoms with Crippen molar-refractivity contribution in [2.45, 2.75) is 0 Å². The summed E-state index contributed by atoms with van der Waals surface area (Å²) in [6.07, 6.45) is 1.76. The zero-order chi connectivity index (χ0) is 10.8. The average Bonchev–Trinajstić information content (AvgIpc) is 2.59. The van der Waals surface area contributed by atoms with Gasteiger partial charge in [0.1, 0.15) is 5.69 Å². The van der Waals surface area contributed by atoms with Gasteiger partial charge in [0.05, 0.1) is 11.9 Å². The van der Waals surface area contributed by atoms with Gasteiger partial charge >= 0.3 is 0 Å². The summed E-state index contributed by atoms with van der Waals surface area (Å²) in [5.41, 5.74) is 0.738. The number of rotatable bonds is 2. The van der Waals surface area contributed by atoms with E-state index >= 15 is 0 Å². The number of carbonyl (C=O) groups is 1. The van der Waals surface area contributed by atoms with Crippen molar-refractivity contribution in [2.24, 2.45) is 0 Å². The molecule has 1 aromatic heterocycles. The maximum absolute atomic E-state index is 10.7. The molecule has 1 aromatic carbocycles. The van der Waals surface area contributed by atoms with Gasteiger partial charge in [0.15, 0.2) is 12.0 Å². The number of nitrogens with zero attached hydrogens (tertiary/aromatic N) is 2. The summed E-state index contributed by atoms with van der Waals surface area (Å²) in [5.74, 6) is -0.148. The summed E-state index contributed by atoms with van der Waals surface area (Å²) in [7, 11) is 0. The Bertz CT molecular complexity index is 508. The molecule has 0 aliphatic rings. The molecule has 0 spiro atoms. The Morgan fingerprint density at radius 2 is 2.27 bits per heavy atom. The topological polar surface area (TPSA) is 55.1 Å². The number of hydrogen-bond acceptors (Lipinski definition) is 3. The normalized spacial score (nSPS) is 10.2.